The summed E-state index contributed by atoms with van der Waals surface area (Å²) < 4.78 is 0.857. The molecule has 0 unspecified atom stereocenters. The Kier molecular flexibility index (Phi) is 4.66. The standard InChI is InChI=1S/C13H14BrN3OS/c1-8(13-17-9(2)7-19-13)5-16-12(18)11-4-3-10(14)6-15-11/h3-4,6-8H,5H2,1-2H3,(H,16,18)/t8-/m0/s1. The van der Waals surface area contributed by atoms with E-state index in [9.17, 15) is 4.79 Å². The van der Waals surface area contributed by atoms with Crippen LogP contribution in [0, 0.1) is 6.92 Å². The molecule has 100 valence electrons. The molecule has 0 radical (unpaired) electrons. The van der Waals surface area contributed by atoms with Gasteiger partial charge in [-0.15, -0.1) is 11.3 Å². The van der Waals surface area contributed by atoms with Gasteiger partial charge in [0.15, 0.2) is 0 Å². The summed E-state index contributed by atoms with van der Waals surface area (Å²) in [6.07, 6.45) is 1.61. The molecular weight excluding hydrogens is 326 g/mol. The largest absolute Gasteiger partial charge is 0.350 e. The van der Waals surface area contributed by atoms with Gasteiger partial charge < -0.3 is 5.32 Å². The smallest absolute Gasteiger partial charge is 0.269 e. The van der Waals surface area contributed by atoms with E-state index < -0.39 is 0 Å². The number of hydrogen-bond acceptors (Lipinski definition) is 4. The van der Waals surface area contributed by atoms with Crippen molar-refractivity contribution in [1.82, 2.24) is 15.3 Å². The molecule has 2 aromatic heterocycles. The maximum Gasteiger partial charge on any atom is 0.269 e. The number of nitrogens with one attached hydrogen (secondary N) is 1. The molecular formula is C13H14BrN3OS. The Morgan fingerprint density at radius 1 is 1.53 bits per heavy atom. The lowest BCUT2D eigenvalue weighted by Crippen LogP contribution is -2.28. The summed E-state index contributed by atoms with van der Waals surface area (Å²) in [6.45, 7) is 4.58. The molecule has 0 aliphatic heterocycles. The Balaban J connectivity index is 1.91. The van der Waals surface area contributed by atoms with E-state index in [1.807, 2.05) is 19.2 Å². The summed E-state index contributed by atoms with van der Waals surface area (Å²) in [7, 11) is 0. The molecule has 19 heavy (non-hydrogen) atoms. The van der Waals surface area contributed by atoms with E-state index in [4.69, 9.17) is 0 Å². The van der Waals surface area contributed by atoms with Crippen molar-refractivity contribution < 1.29 is 4.79 Å². The summed E-state index contributed by atoms with van der Waals surface area (Å²) in [5, 5.41) is 5.94. The topological polar surface area (TPSA) is 54.9 Å². The summed E-state index contributed by atoms with van der Waals surface area (Å²) in [5.74, 6) is 0.0470. The van der Waals surface area contributed by atoms with Crippen LogP contribution in [0.5, 0.6) is 0 Å². The van der Waals surface area contributed by atoms with Gasteiger partial charge in [-0.1, -0.05) is 6.92 Å². The lowest BCUT2D eigenvalue weighted by atomic mass is 10.2. The minimum absolute atomic E-state index is 0.160. The SMILES string of the molecule is Cc1csc([C@@H](C)CNC(=O)c2ccc(Br)cn2)n1. The van der Waals surface area contributed by atoms with Gasteiger partial charge in [0.2, 0.25) is 0 Å². The van der Waals surface area contributed by atoms with Gasteiger partial charge in [-0.25, -0.2) is 9.97 Å². The van der Waals surface area contributed by atoms with Crippen LogP contribution in [0.4, 0.5) is 0 Å². The van der Waals surface area contributed by atoms with Crippen LogP contribution in [0.1, 0.15) is 34.0 Å². The first-order valence-corrected chi connectivity index (χ1v) is 7.55. The van der Waals surface area contributed by atoms with Gasteiger partial charge in [-0.3, -0.25) is 4.79 Å². The number of carbonyl (C=O) groups is 1. The highest BCUT2D eigenvalue weighted by Gasteiger charge is 2.12. The summed E-state index contributed by atoms with van der Waals surface area (Å²) in [6, 6.07) is 3.49. The first-order chi connectivity index (χ1) is 9.06. The van der Waals surface area contributed by atoms with Crippen molar-refractivity contribution in [2.45, 2.75) is 19.8 Å². The Hall–Kier alpha value is -1.27. The van der Waals surface area contributed by atoms with Crippen molar-refractivity contribution in [2.24, 2.45) is 0 Å². The molecule has 1 atom stereocenters. The van der Waals surface area contributed by atoms with Gasteiger partial charge in [0, 0.05) is 34.2 Å². The molecule has 6 heteroatoms. The second-order valence-corrected chi connectivity index (χ2v) is 6.11. The van der Waals surface area contributed by atoms with Crippen LogP contribution in [-0.4, -0.2) is 22.4 Å². The quantitative estimate of drug-likeness (QED) is 0.930. The number of amides is 1. The summed E-state index contributed by atoms with van der Waals surface area (Å²) in [5.41, 5.74) is 1.44. The van der Waals surface area contributed by atoms with E-state index in [1.165, 1.54) is 0 Å². The van der Waals surface area contributed by atoms with Crippen molar-refractivity contribution in [3.8, 4) is 0 Å². The zero-order valence-electron chi connectivity index (χ0n) is 10.7. The van der Waals surface area contributed by atoms with Gasteiger partial charge >= 0.3 is 0 Å². The first kappa shape index (κ1) is 14.1. The normalized spacial score (nSPS) is 12.2. The number of halogens is 1. The van der Waals surface area contributed by atoms with Gasteiger partial charge in [-0.05, 0) is 35.0 Å². The predicted octanol–water partition coefficient (Wildman–Crippen LogP) is 3.14. The number of hydrogen-bond donors (Lipinski definition) is 1. The Bertz CT molecular complexity index is 568. The van der Waals surface area contributed by atoms with Gasteiger partial charge in [0.25, 0.3) is 5.91 Å². The zero-order valence-corrected chi connectivity index (χ0v) is 13.1. The van der Waals surface area contributed by atoms with Crippen molar-refractivity contribution in [1.29, 1.82) is 0 Å². The highest BCUT2D eigenvalue weighted by atomic mass is 79.9. The minimum Gasteiger partial charge on any atom is -0.350 e. The molecule has 2 aromatic rings. The van der Waals surface area contributed by atoms with Gasteiger partial charge in [0.1, 0.15) is 5.69 Å². The number of aromatic nitrogens is 2. The maximum atomic E-state index is 11.9. The first-order valence-electron chi connectivity index (χ1n) is 5.88. The monoisotopic (exact) mass is 339 g/mol. The van der Waals surface area contributed by atoms with Crippen LogP contribution in [0.2, 0.25) is 0 Å². The van der Waals surface area contributed by atoms with E-state index in [0.717, 1.165) is 15.2 Å². The fraction of sp³-hybridized carbons (Fsp3) is 0.308. The molecule has 1 N–H and O–H groups in total. The van der Waals surface area contributed by atoms with Crippen molar-refractivity contribution >= 4 is 33.2 Å². The number of pyridine rings is 1. The molecule has 0 saturated carbocycles. The number of nitrogens with zero attached hydrogens (tertiary/aromatic N) is 2. The third kappa shape index (κ3) is 3.84. The predicted molar refractivity (Wildman–Crippen MR) is 79.5 cm³/mol. The van der Waals surface area contributed by atoms with Crippen molar-refractivity contribution in [3.05, 3.63) is 44.6 Å². The molecule has 1 amide bonds. The third-order valence-electron chi connectivity index (χ3n) is 2.59. The van der Waals surface area contributed by atoms with Crippen molar-refractivity contribution in [3.63, 3.8) is 0 Å². The van der Waals surface area contributed by atoms with E-state index in [-0.39, 0.29) is 11.8 Å². The molecule has 0 aromatic carbocycles. The fourth-order valence-electron chi connectivity index (χ4n) is 1.53. The molecule has 0 fully saturated rings. The molecule has 4 nitrogen and oxygen atoms in total. The van der Waals surface area contributed by atoms with Crippen LogP contribution in [0.15, 0.2) is 28.2 Å². The number of rotatable bonds is 4. The average molecular weight is 340 g/mol. The Morgan fingerprint density at radius 2 is 2.32 bits per heavy atom. The average Bonchev–Trinajstić information content (AvgIpc) is 2.83. The number of aryl methyl sites for hydroxylation is 1. The number of thiazole rings is 1. The van der Waals surface area contributed by atoms with Gasteiger partial charge in [0.05, 0.1) is 5.01 Å². The summed E-state index contributed by atoms with van der Waals surface area (Å²) in [4.78, 5) is 20.4. The lowest BCUT2D eigenvalue weighted by molar-refractivity contribution is 0.0946. The van der Waals surface area contributed by atoms with Crippen LogP contribution >= 0.6 is 27.3 Å². The molecule has 0 aliphatic carbocycles. The molecule has 0 spiro atoms. The van der Waals surface area contributed by atoms with Gasteiger partial charge in [-0.2, -0.15) is 0 Å². The van der Waals surface area contributed by atoms with Crippen LogP contribution in [-0.2, 0) is 0 Å². The third-order valence-corrected chi connectivity index (χ3v) is 4.25. The number of carbonyl (C=O) groups excluding carboxylic acids is 1. The highest BCUT2D eigenvalue weighted by Crippen LogP contribution is 2.18. The zero-order chi connectivity index (χ0) is 13.8. The van der Waals surface area contributed by atoms with E-state index in [0.29, 0.717) is 12.2 Å². The molecule has 0 bridgehead atoms. The fourth-order valence-corrected chi connectivity index (χ4v) is 2.62. The lowest BCUT2D eigenvalue weighted by Gasteiger charge is -2.09. The van der Waals surface area contributed by atoms with E-state index >= 15 is 0 Å². The van der Waals surface area contributed by atoms with E-state index in [1.54, 1.807) is 29.7 Å². The summed E-state index contributed by atoms with van der Waals surface area (Å²) >= 11 is 4.91. The Morgan fingerprint density at radius 3 is 2.89 bits per heavy atom. The van der Waals surface area contributed by atoms with Crippen molar-refractivity contribution in [2.75, 3.05) is 6.54 Å². The molecule has 0 saturated heterocycles. The van der Waals surface area contributed by atoms with E-state index in [2.05, 4.69) is 31.2 Å². The Labute approximate surface area is 124 Å². The molecule has 2 rings (SSSR count). The minimum atomic E-state index is -0.160. The maximum absolute atomic E-state index is 11.9. The molecule has 0 aliphatic rings. The van der Waals surface area contributed by atoms with Crippen LogP contribution in [0.25, 0.3) is 0 Å². The second kappa shape index (κ2) is 6.25. The second-order valence-electron chi connectivity index (χ2n) is 4.30. The molecule has 2 heterocycles. The highest BCUT2D eigenvalue weighted by molar-refractivity contribution is 9.10. The van der Waals surface area contributed by atoms with Crippen LogP contribution < -0.4 is 5.32 Å². The van der Waals surface area contributed by atoms with Crippen LogP contribution in [0.3, 0.4) is 0 Å².